The number of carbonyl (C=O) groups excluding carboxylic acids is 2. The van der Waals surface area contributed by atoms with Crippen molar-refractivity contribution in [1.29, 1.82) is 0 Å². The van der Waals surface area contributed by atoms with Gasteiger partial charge in [-0.25, -0.2) is 4.39 Å². The fraction of sp³-hybridized carbons (Fsp3) is 0.100. The van der Waals surface area contributed by atoms with Crippen LogP contribution in [0.2, 0.25) is 5.02 Å². The summed E-state index contributed by atoms with van der Waals surface area (Å²) in [5, 5.41) is 13.7. The minimum atomic E-state index is -0.552. The first-order chi connectivity index (χ1) is 13.9. The van der Waals surface area contributed by atoms with Crippen molar-refractivity contribution >= 4 is 46.7 Å². The number of aryl methyl sites for hydroxylation is 1. The highest BCUT2D eigenvalue weighted by molar-refractivity contribution is 7.99. The van der Waals surface area contributed by atoms with Crippen molar-refractivity contribution in [3.8, 4) is 0 Å². The lowest BCUT2D eigenvalue weighted by molar-refractivity contribution is -0.113. The Labute approximate surface area is 175 Å². The minimum absolute atomic E-state index is 0.0652. The quantitative estimate of drug-likeness (QED) is 0.560. The van der Waals surface area contributed by atoms with Crippen LogP contribution >= 0.6 is 23.4 Å². The Bertz CT molecular complexity index is 1030. The van der Waals surface area contributed by atoms with Gasteiger partial charge in [-0.1, -0.05) is 41.1 Å². The molecule has 0 aliphatic carbocycles. The van der Waals surface area contributed by atoms with Crippen LogP contribution in [0.15, 0.2) is 59.6 Å². The third-order valence-electron chi connectivity index (χ3n) is 3.75. The van der Waals surface area contributed by atoms with Gasteiger partial charge in [0, 0.05) is 11.3 Å². The molecule has 0 saturated carbocycles. The first kappa shape index (κ1) is 20.8. The molecule has 29 heavy (non-hydrogen) atoms. The maximum atomic E-state index is 13.1. The van der Waals surface area contributed by atoms with E-state index in [4.69, 9.17) is 11.6 Å². The Morgan fingerprint density at radius 3 is 2.45 bits per heavy atom. The molecule has 0 aliphatic rings. The van der Waals surface area contributed by atoms with Gasteiger partial charge >= 0.3 is 0 Å². The van der Waals surface area contributed by atoms with Gasteiger partial charge in [-0.15, -0.1) is 10.2 Å². The number of amides is 2. The average Bonchev–Trinajstić information content (AvgIpc) is 2.71. The molecule has 2 N–H and O–H groups in total. The van der Waals surface area contributed by atoms with E-state index in [1.807, 2.05) is 19.1 Å². The number of thioether (sulfide) groups is 1. The third kappa shape index (κ3) is 6.00. The van der Waals surface area contributed by atoms with Crippen LogP contribution in [0, 0.1) is 12.7 Å². The second-order valence-corrected chi connectivity index (χ2v) is 7.45. The predicted octanol–water partition coefficient (Wildman–Crippen LogP) is 4.56. The van der Waals surface area contributed by atoms with Crippen LogP contribution in [0.1, 0.15) is 15.9 Å². The summed E-state index contributed by atoms with van der Waals surface area (Å²) >= 11 is 6.86. The van der Waals surface area contributed by atoms with Crippen LogP contribution < -0.4 is 10.6 Å². The fourth-order valence-electron chi connectivity index (χ4n) is 2.27. The molecule has 9 heteroatoms. The number of hydrogen-bond acceptors (Lipinski definition) is 5. The lowest BCUT2D eigenvalue weighted by Gasteiger charge is -2.06. The van der Waals surface area contributed by atoms with Crippen molar-refractivity contribution in [2.45, 2.75) is 11.9 Å². The van der Waals surface area contributed by atoms with Crippen LogP contribution in [-0.4, -0.2) is 27.8 Å². The number of carbonyl (C=O) groups is 2. The first-order valence-corrected chi connectivity index (χ1v) is 9.86. The molecule has 0 aliphatic heterocycles. The molecule has 0 spiro atoms. The lowest BCUT2D eigenvalue weighted by Crippen LogP contribution is -2.14. The number of rotatable bonds is 6. The summed E-state index contributed by atoms with van der Waals surface area (Å²) in [5.41, 5.74) is 1.99. The molecule has 0 fully saturated rings. The van der Waals surface area contributed by atoms with Gasteiger partial charge in [-0.05, 0) is 49.4 Å². The number of benzene rings is 2. The first-order valence-electron chi connectivity index (χ1n) is 8.50. The molecule has 1 aromatic heterocycles. The van der Waals surface area contributed by atoms with E-state index in [1.165, 1.54) is 30.0 Å². The maximum absolute atomic E-state index is 13.1. The Morgan fingerprint density at radius 1 is 1.03 bits per heavy atom. The summed E-state index contributed by atoms with van der Waals surface area (Å²) in [6.07, 6.45) is 0. The van der Waals surface area contributed by atoms with E-state index in [0.29, 0.717) is 22.1 Å². The Balaban J connectivity index is 1.50. The highest BCUT2D eigenvalue weighted by Gasteiger charge is 2.09. The summed E-state index contributed by atoms with van der Waals surface area (Å²) in [6.45, 7) is 1.94. The van der Waals surface area contributed by atoms with Crippen molar-refractivity contribution in [3.63, 3.8) is 0 Å². The zero-order valence-corrected chi connectivity index (χ0v) is 16.9. The lowest BCUT2D eigenvalue weighted by atomic mass is 10.1. The molecular weight excluding hydrogens is 415 g/mol. The van der Waals surface area contributed by atoms with Gasteiger partial charge in [-0.3, -0.25) is 9.59 Å². The normalized spacial score (nSPS) is 10.4. The summed E-state index contributed by atoms with van der Waals surface area (Å²) in [6, 6.07) is 14.4. The standard InChI is InChI=1S/C20H16ClFN4O2S/c1-12-2-4-13(5-3-12)20(28)24-17-8-9-19(26-25-17)29-11-18(27)23-14-6-7-16(22)15(21)10-14/h2-10H,11H2,1H3,(H,23,27)(H,24,25,28). The highest BCUT2D eigenvalue weighted by Crippen LogP contribution is 2.20. The number of nitrogens with zero attached hydrogens (tertiary/aromatic N) is 2. The van der Waals surface area contributed by atoms with Crippen molar-refractivity contribution in [1.82, 2.24) is 10.2 Å². The van der Waals surface area contributed by atoms with Crippen LogP contribution in [-0.2, 0) is 4.79 Å². The summed E-state index contributed by atoms with van der Waals surface area (Å²) in [7, 11) is 0. The van der Waals surface area contributed by atoms with E-state index in [0.717, 1.165) is 5.56 Å². The highest BCUT2D eigenvalue weighted by atomic mass is 35.5. The van der Waals surface area contributed by atoms with Gasteiger partial charge < -0.3 is 10.6 Å². The van der Waals surface area contributed by atoms with Gasteiger partial charge in [0.15, 0.2) is 5.82 Å². The van der Waals surface area contributed by atoms with Crippen LogP contribution in [0.4, 0.5) is 15.9 Å². The number of nitrogens with one attached hydrogen (secondary N) is 2. The molecule has 3 aromatic rings. The topological polar surface area (TPSA) is 84.0 Å². The molecule has 3 rings (SSSR count). The number of anilines is 2. The molecule has 2 aromatic carbocycles. The minimum Gasteiger partial charge on any atom is -0.325 e. The molecule has 1 heterocycles. The molecule has 0 atom stereocenters. The fourth-order valence-corrected chi connectivity index (χ4v) is 3.06. The third-order valence-corrected chi connectivity index (χ3v) is 4.96. The van der Waals surface area contributed by atoms with Gasteiger partial charge in [0.1, 0.15) is 10.8 Å². The molecule has 0 radical (unpaired) electrons. The molecule has 0 bridgehead atoms. The van der Waals surface area contributed by atoms with Crippen LogP contribution in [0.3, 0.4) is 0 Å². The molecule has 148 valence electrons. The number of aromatic nitrogens is 2. The number of halogens is 2. The number of hydrogen-bond donors (Lipinski definition) is 2. The summed E-state index contributed by atoms with van der Waals surface area (Å²) < 4.78 is 13.1. The average molecular weight is 431 g/mol. The Hall–Kier alpha value is -2.97. The zero-order chi connectivity index (χ0) is 20.8. The SMILES string of the molecule is Cc1ccc(C(=O)Nc2ccc(SCC(=O)Nc3ccc(F)c(Cl)c3)nn2)cc1. The van der Waals surface area contributed by atoms with E-state index in [2.05, 4.69) is 20.8 Å². The van der Waals surface area contributed by atoms with Crippen molar-refractivity contribution in [3.05, 3.63) is 76.6 Å². The van der Waals surface area contributed by atoms with Gasteiger partial charge in [0.05, 0.1) is 10.8 Å². The second kappa shape index (κ2) is 9.49. The van der Waals surface area contributed by atoms with E-state index < -0.39 is 5.82 Å². The van der Waals surface area contributed by atoms with E-state index in [9.17, 15) is 14.0 Å². The van der Waals surface area contributed by atoms with E-state index in [-0.39, 0.29) is 22.6 Å². The van der Waals surface area contributed by atoms with Crippen molar-refractivity contribution in [2.24, 2.45) is 0 Å². The molecule has 0 unspecified atom stereocenters. The van der Waals surface area contributed by atoms with Crippen LogP contribution in [0.25, 0.3) is 0 Å². The Morgan fingerprint density at radius 2 is 1.79 bits per heavy atom. The molecule has 6 nitrogen and oxygen atoms in total. The molecular formula is C20H16ClFN4O2S. The van der Waals surface area contributed by atoms with Gasteiger partial charge in [-0.2, -0.15) is 0 Å². The second-order valence-electron chi connectivity index (χ2n) is 6.04. The van der Waals surface area contributed by atoms with E-state index in [1.54, 1.807) is 24.3 Å². The summed E-state index contributed by atoms with van der Waals surface area (Å²) in [4.78, 5) is 24.2. The largest absolute Gasteiger partial charge is 0.325 e. The monoisotopic (exact) mass is 430 g/mol. The predicted molar refractivity (Wildman–Crippen MR) is 112 cm³/mol. The van der Waals surface area contributed by atoms with E-state index >= 15 is 0 Å². The smallest absolute Gasteiger partial charge is 0.256 e. The molecule has 2 amide bonds. The van der Waals surface area contributed by atoms with Crippen LogP contribution in [0.5, 0.6) is 0 Å². The maximum Gasteiger partial charge on any atom is 0.256 e. The Kier molecular flexibility index (Phi) is 6.79. The zero-order valence-electron chi connectivity index (χ0n) is 15.3. The van der Waals surface area contributed by atoms with Crippen molar-refractivity contribution < 1.29 is 14.0 Å². The van der Waals surface area contributed by atoms with Gasteiger partial charge in [0.25, 0.3) is 5.91 Å². The molecule has 0 saturated heterocycles. The van der Waals surface area contributed by atoms with Crippen molar-refractivity contribution in [2.75, 3.05) is 16.4 Å². The summed E-state index contributed by atoms with van der Waals surface area (Å²) in [5.74, 6) is -0.735. The van der Waals surface area contributed by atoms with Gasteiger partial charge in [0.2, 0.25) is 5.91 Å².